The number of carboxylic acid groups (broad SMARTS) is 1. The van der Waals surface area contributed by atoms with Crippen LogP contribution in [0, 0.1) is 0 Å². The molecular formula is C10H16O7. The summed E-state index contributed by atoms with van der Waals surface area (Å²) in [5.41, 5.74) is 0. The van der Waals surface area contributed by atoms with Gasteiger partial charge in [0.2, 0.25) is 0 Å². The Morgan fingerprint density at radius 3 is 2.65 bits per heavy atom. The van der Waals surface area contributed by atoms with Gasteiger partial charge >= 0.3 is 11.9 Å². The van der Waals surface area contributed by atoms with Crippen molar-refractivity contribution >= 4 is 11.9 Å². The molecule has 7 nitrogen and oxygen atoms in total. The van der Waals surface area contributed by atoms with Crippen LogP contribution in [0.3, 0.4) is 0 Å². The van der Waals surface area contributed by atoms with Gasteiger partial charge in [0, 0.05) is 6.61 Å². The molecule has 1 aliphatic heterocycles. The lowest BCUT2D eigenvalue weighted by molar-refractivity contribution is -0.169. The SMILES string of the molecule is O=C(O)CCC(=O)OC[C@H]1OCC[C@@H](O)[C@@H]1O. The van der Waals surface area contributed by atoms with Crippen molar-refractivity contribution in [1.29, 1.82) is 0 Å². The van der Waals surface area contributed by atoms with Crippen LogP contribution < -0.4 is 0 Å². The number of carbonyl (C=O) groups excluding carboxylic acids is 1. The molecule has 3 atom stereocenters. The van der Waals surface area contributed by atoms with Crippen molar-refractivity contribution in [2.45, 2.75) is 37.6 Å². The lowest BCUT2D eigenvalue weighted by Crippen LogP contribution is -2.47. The standard InChI is InChI=1S/C10H16O7/c11-6-3-4-16-7(10(6)15)5-17-9(14)2-1-8(12)13/h6-7,10-11,15H,1-5H2,(H,12,13)/t6-,7-,10+/m1/s1. The summed E-state index contributed by atoms with van der Waals surface area (Å²) in [7, 11) is 0. The first-order valence-corrected chi connectivity index (χ1v) is 5.36. The van der Waals surface area contributed by atoms with Gasteiger partial charge in [0.05, 0.1) is 18.9 Å². The van der Waals surface area contributed by atoms with E-state index in [2.05, 4.69) is 0 Å². The van der Waals surface area contributed by atoms with Gasteiger partial charge in [0.1, 0.15) is 18.8 Å². The zero-order chi connectivity index (χ0) is 12.8. The lowest BCUT2D eigenvalue weighted by atomic mass is 10.0. The lowest BCUT2D eigenvalue weighted by Gasteiger charge is -2.31. The number of carbonyl (C=O) groups is 2. The molecule has 1 saturated heterocycles. The maximum atomic E-state index is 11.1. The minimum absolute atomic E-state index is 0.184. The van der Waals surface area contributed by atoms with Crippen LogP contribution >= 0.6 is 0 Å². The maximum absolute atomic E-state index is 11.1. The Balaban J connectivity index is 2.25. The quantitative estimate of drug-likeness (QED) is 0.529. The van der Waals surface area contributed by atoms with Crippen molar-refractivity contribution in [1.82, 2.24) is 0 Å². The third kappa shape index (κ3) is 4.68. The third-order valence-electron chi connectivity index (χ3n) is 2.47. The van der Waals surface area contributed by atoms with Crippen molar-refractivity contribution in [3.63, 3.8) is 0 Å². The molecule has 1 aliphatic rings. The molecule has 0 aromatic heterocycles. The third-order valence-corrected chi connectivity index (χ3v) is 2.47. The van der Waals surface area contributed by atoms with Crippen LogP contribution in [-0.2, 0) is 19.1 Å². The Morgan fingerprint density at radius 1 is 1.29 bits per heavy atom. The second-order valence-corrected chi connectivity index (χ2v) is 3.83. The molecule has 0 aromatic rings. The van der Waals surface area contributed by atoms with E-state index in [1.807, 2.05) is 0 Å². The fraction of sp³-hybridized carbons (Fsp3) is 0.800. The Labute approximate surface area is 98.0 Å². The van der Waals surface area contributed by atoms with E-state index in [4.69, 9.17) is 14.6 Å². The minimum Gasteiger partial charge on any atom is -0.481 e. The van der Waals surface area contributed by atoms with E-state index in [1.165, 1.54) is 0 Å². The average molecular weight is 248 g/mol. The van der Waals surface area contributed by atoms with Crippen LogP contribution in [0.1, 0.15) is 19.3 Å². The molecule has 1 rings (SSSR count). The smallest absolute Gasteiger partial charge is 0.306 e. The molecule has 0 spiro atoms. The number of hydrogen-bond acceptors (Lipinski definition) is 6. The Morgan fingerprint density at radius 2 is 2.00 bits per heavy atom. The molecule has 7 heteroatoms. The van der Waals surface area contributed by atoms with Gasteiger partial charge in [-0.2, -0.15) is 0 Å². The average Bonchev–Trinajstić information content (AvgIpc) is 2.28. The van der Waals surface area contributed by atoms with Crippen molar-refractivity contribution in [3.8, 4) is 0 Å². The van der Waals surface area contributed by atoms with Gasteiger partial charge in [0.25, 0.3) is 0 Å². The van der Waals surface area contributed by atoms with Gasteiger partial charge in [-0.3, -0.25) is 9.59 Å². The molecule has 0 radical (unpaired) electrons. The number of esters is 1. The largest absolute Gasteiger partial charge is 0.481 e. The van der Waals surface area contributed by atoms with Crippen molar-refractivity contribution < 1.29 is 34.4 Å². The summed E-state index contributed by atoms with van der Waals surface area (Å²) >= 11 is 0. The first kappa shape index (κ1) is 13.9. The first-order chi connectivity index (χ1) is 8.00. The molecule has 0 aliphatic carbocycles. The highest BCUT2D eigenvalue weighted by atomic mass is 16.6. The number of carboxylic acids is 1. The van der Waals surface area contributed by atoms with E-state index >= 15 is 0 Å². The molecule has 1 fully saturated rings. The molecule has 3 N–H and O–H groups in total. The van der Waals surface area contributed by atoms with Crippen molar-refractivity contribution in [2.24, 2.45) is 0 Å². The fourth-order valence-electron chi connectivity index (χ4n) is 1.46. The second kappa shape index (κ2) is 6.53. The maximum Gasteiger partial charge on any atom is 0.306 e. The van der Waals surface area contributed by atoms with Gasteiger partial charge in [-0.15, -0.1) is 0 Å². The number of aliphatic carboxylic acids is 1. The molecule has 98 valence electrons. The summed E-state index contributed by atoms with van der Waals surface area (Å²) < 4.78 is 9.89. The molecule has 1 heterocycles. The molecule has 17 heavy (non-hydrogen) atoms. The highest BCUT2D eigenvalue weighted by molar-refractivity contribution is 5.76. The number of aliphatic hydroxyl groups excluding tert-OH is 2. The van der Waals surface area contributed by atoms with E-state index < -0.39 is 30.3 Å². The summed E-state index contributed by atoms with van der Waals surface area (Å²) in [5.74, 6) is -1.74. The Kier molecular flexibility index (Phi) is 5.33. The van der Waals surface area contributed by atoms with Crippen LogP contribution in [-0.4, -0.2) is 58.8 Å². The van der Waals surface area contributed by atoms with Crippen LogP contribution in [0.5, 0.6) is 0 Å². The number of aliphatic hydroxyl groups is 2. The minimum atomic E-state index is -1.09. The van der Waals surface area contributed by atoms with Crippen molar-refractivity contribution in [3.05, 3.63) is 0 Å². The first-order valence-electron chi connectivity index (χ1n) is 5.36. The van der Waals surface area contributed by atoms with Gasteiger partial charge in [0.15, 0.2) is 0 Å². The molecule has 0 unspecified atom stereocenters. The van der Waals surface area contributed by atoms with Crippen LogP contribution in [0.2, 0.25) is 0 Å². The predicted octanol–water partition coefficient (Wildman–Crippen LogP) is -1.09. The van der Waals surface area contributed by atoms with Gasteiger partial charge in [-0.05, 0) is 6.42 Å². The van der Waals surface area contributed by atoms with Crippen LogP contribution in [0.15, 0.2) is 0 Å². The summed E-state index contributed by atoms with van der Waals surface area (Å²) in [5, 5.41) is 27.2. The van der Waals surface area contributed by atoms with E-state index in [1.54, 1.807) is 0 Å². The van der Waals surface area contributed by atoms with Gasteiger partial charge in [-0.25, -0.2) is 0 Å². The highest BCUT2D eigenvalue weighted by Gasteiger charge is 2.32. The van der Waals surface area contributed by atoms with Crippen molar-refractivity contribution in [2.75, 3.05) is 13.2 Å². The zero-order valence-corrected chi connectivity index (χ0v) is 9.24. The monoisotopic (exact) mass is 248 g/mol. The number of rotatable bonds is 5. The Hall–Kier alpha value is -1.18. The van der Waals surface area contributed by atoms with E-state index in [-0.39, 0.29) is 26.1 Å². The zero-order valence-electron chi connectivity index (χ0n) is 9.24. The molecule has 0 amide bonds. The van der Waals surface area contributed by atoms with Gasteiger partial charge in [-0.1, -0.05) is 0 Å². The molecule has 0 saturated carbocycles. The van der Waals surface area contributed by atoms with E-state index in [0.29, 0.717) is 6.42 Å². The van der Waals surface area contributed by atoms with Crippen LogP contribution in [0.25, 0.3) is 0 Å². The van der Waals surface area contributed by atoms with E-state index in [0.717, 1.165) is 0 Å². The van der Waals surface area contributed by atoms with E-state index in [9.17, 15) is 19.8 Å². The normalized spacial score (nSPS) is 28.7. The summed E-state index contributed by atoms with van der Waals surface area (Å²) in [6, 6.07) is 0. The summed E-state index contributed by atoms with van der Waals surface area (Å²) in [6.07, 6.45) is -2.91. The molecular weight excluding hydrogens is 232 g/mol. The Bertz CT molecular complexity index is 278. The molecule has 0 bridgehead atoms. The highest BCUT2D eigenvalue weighted by Crippen LogP contribution is 2.15. The van der Waals surface area contributed by atoms with Gasteiger partial charge < -0.3 is 24.8 Å². The summed E-state index contributed by atoms with van der Waals surface area (Å²) in [4.78, 5) is 21.3. The number of ether oxygens (including phenoxy) is 2. The topological polar surface area (TPSA) is 113 Å². The predicted molar refractivity (Wildman–Crippen MR) is 54.2 cm³/mol. The number of hydrogen-bond donors (Lipinski definition) is 3. The van der Waals surface area contributed by atoms with Crippen LogP contribution in [0.4, 0.5) is 0 Å². The second-order valence-electron chi connectivity index (χ2n) is 3.83. The molecule has 0 aromatic carbocycles. The summed E-state index contributed by atoms with van der Waals surface area (Å²) in [6.45, 7) is 0.103. The fourth-order valence-corrected chi connectivity index (χ4v) is 1.46.